The van der Waals surface area contributed by atoms with Gasteiger partial charge >= 0.3 is 0 Å². The summed E-state index contributed by atoms with van der Waals surface area (Å²) in [6.45, 7) is 0. The molecule has 0 atom stereocenters. The maximum Gasteiger partial charge on any atom is 0.245 e. The van der Waals surface area contributed by atoms with Gasteiger partial charge in [0.1, 0.15) is 0 Å². The Balaban J connectivity index is 2.87. The van der Waals surface area contributed by atoms with Crippen LogP contribution in [0.25, 0.3) is 12.2 Å². The second-order valence-corrected chi connectivity index (χ2v) is 3.69. The van der Waals surface area contributed by atoms with Gasteiger partial charge in [0, 0.05) is 0 Å². The quantitative estimate of drug-likeness (QED) is 0.611. The molecule has 2 nitrogen and oxygen atoms in total. The maximum atomic E-state index is 10.5. The summed E-state index contributed by atoms with van der Waals surface area (Å²) in [4.78, 5) is 21.0. The molecule has 82 valence electrons. The van der Waals surface area contributed by atoms with Gasteiger partial charge in [-0.1, -0.05) is 30.4 Å². The second kappa shape index (κ2) is 6.26. The Morgan fingerprint density at radius 2 is 1.38 bits per heavy atom. The highest BCUT2D eigenvalue weighted by molar-refractivity contribution is 6.67. The van der Waals surface area contributed by atoms with E-state index in [1.807, 2.05) is 12.1 Å². The van der Waals surface area contributed by atoms with Crippen molar-refractivity contribution in [3.63, 3.8) is 0 Å². The summed E-state index contributed by atoms with van der Waals surface area (Å²) in [6.07, 6.45) is 5.71. The minimum absolute atomic E-state index is 0.531. The Bertz CT molecular complexity index is 423. The van der Waals surface area contributed by atoms with Gasteiger partial charge in [-0.3, -0.25) is 9.59 Å². The highest BCUT2D eigenvalue weighted by Gasteiger charge is 1.92. The van der Waals surface area contributed by atoms with E-state index in [1.165, 1.54) is 12.2 Å². The van der Waals surface area contributed by atoms with E-state index in [-0.39, 0.29) is 0 Å². The summed E-state index contributed by atoms with van der Waals surface area (Å²) in [7, 11) is 0. The topological polar surface area (TPSA) is 34.1 Å². The lowest BCUT2D eigenvalue weighted by Crippen LogP contribution is -1.80. The zero-order valence-corrected chi connectivity index (χ0v) is 9.70. The van der Waals surface area contributed by atoms with E-state index in [4.69, 9.17) is 23.2 Å². The van der Waals surface area contributed by atoms with Crippen LogP contribution in [0.3, 0.4) is 0 Å². The van der Waals surface area contributed by atoms with Crippen molar-refractivity contribution in [2.45, 2.75) is 0 Å². The zero-order valence-electron chi connectivity index (χ0n) is 8.19. The number of hydrogen-bond donors (Lipinski definition) is 0. The molecule has 16 heavy (non-hydrogen) atoms. The average Bonchev–Trinajstić information content (AvgIpc) is 2.24. The third-order valence-electron chi connectivity index (χ3n) is 1.72. The third kappa shape index (κ3) is 4.91. The van der Waals surface area contributed by atoms with E-state index in [1.54, 1.807) is 24.3 Å². The van der Waals surface area contributed by atoms with Crippen molar-refractivity contribution in [1.82, 2.24) is 0 Å². The molecular weight excluding hydrogens is 247 g/mol. The van der Waals surface area contributed by atoms with E-state index in [0.29, 0.717) is 0 Å². The van der Waals surface area contributed by atoms with Gasteiger partial charge in [-0.25, -0.2) is 0 Å². The molecule has 0 radical (unpaired) electrons. The fourth-order valence-electron chi connectivity index (χ4n) is 1.09. The highest BCUT2D eigenvalue weighted by Crippen LogP contribution is 2.09. The highest BCUT2D eigenvalue weighted by atomic mass is 35.5. The molecule has 0 N–H and O–H groups in total. The van der Waals surface area contributed by atoms with Crippen LogP contribution in [0.4, 0.5) is 0 Å². The van der Waals surface area contributed by atoms with Gasteiger partial charge in [-0.2, -0.15) is 0 Å². The molecule has 0 aliphatic heterocycles. The van der Waals surface area contributed by atoms with Crippen LogP contribution in [0.15, 0.2) is 36.4 Å². The predicted molar refractivity (Wildman–Crippen MR) is 66.2 cm³/mol. The zero-order chi connectivity index (χ0) is 12.0. The molecule has 1 aromatic rings. The molecule has 0 spiro atoms. The molecule has 1 aromatic carbocycles. The fourth-order valence-corrected chi connectivity index (χ4v) is 1.22. The molecule has 0 unspecified atom stereocenters. The summed E-state index contributed by atoms with van der Waals surface area (Å²) >= 11 is 10.3. The lowest BCUT2D eigenvalue weighted by Gasteiger charge is -1.95. The lowest BCUT2D eigenvalue weighted by atomic mass is 10.1. The predicted octanol–water partition coefficient (Wildman–Crippen LogP) is 3.24. The first-order valence-electron chi connectivity index (χ1n) is 4.43. The molecule has 0 aliphatic carbocycles. The van der Waals surface area contributed by atoms with Gasteiger partial charge < -0.3 is 0 Å². The van der Waals surface area contributed by atoms with Crippen LogP contribution >= 0.6 is 23.2 Å². The van der Waals surface area contributed by atoms with Gasteiger partial charge in [0.2, 0.25) is 10.5 Å². The van der Waals surface area contributed by atoms with Crippen LogP contribution in [-0.2, 0) is 9.59 Å². The largest absolute Gasteiger partial charge is 0.276 e. The van der Waals surface area contributed by atoms with Crippen molar-refractivity contribution < 1.29 is 9.59 Å². The van der Waals surface area contributed by atoms with Gasteiger partial charge in [0.25, 0.3) is 0 Å². The van der Waals surface area contributed by atoms with Gasteiger partial charge in [0.15, 0.2) is 0 Å². The van der Waals surface area contributed by atoms with Gasteiger partial charge in [0.05, 0.1) is 0 Å². The number of carbonyl (C=O) groups is 2. The Labute approximate surface area is 103 Å². The molecular formula is C12H8Cl2O2. The maximum absolute atomic E-state index is 10.5. The minimum Gasteiger partial charge on any atom is -0.276 e. The number of benzene rings is 1. The van der Waals surface area contributed by atoms with Crippen LogP contribution in [0, 0.1) is 0 Å². The average molecular weight is 255 g/mol. The molecule has 0 heterocycles. The van der Waals surface area contributed by atoms with Gasteiger partial charge in [-0.15, -0.1) is 0 Å². The monoisotopic (exact) mass is 254 g/mol. The van der Waals surface area contributed by atoms with Crippen molar-refractivity contribution in [2.24, 2.45) is 0 Å². The van der Waals surface area contributed by atoms with Crippen LogP contribution in [0.1, 0.15) is 11.1 Å². The van der Waals surface area contributed by atoms with E-state index in [9.17, 15) is 9.59 Å². The standard InChI is InChI=1S/C12H8Cl2O2/c13-11(15)6-4-9-2-1-3-10(8-9)5-7-12(14)16/h1-8H/b6-4+,7-5+. The smallest absolute Gasteiger partial charge is 0.245 e. The van der Waals surface area contributed by atoms with E-state index < -0.39 is 10.5 Å². The minimum atomic E-state index is -0.531. The van der Waals surface area contributed by atoms with Crippen molar-refractivity contribution in [2.75, 3.05) is 0 Å². The van der Waals surface area contributed by atoms with Crippen LogP contribution in [-0.4, -0.2) is 10.5 Å². The fraction of sp³-hybridized carbons (Fsp3) is 0. The molecule has 4 heteroatoms. The van der Waals surface area contributed by atoms with Crippen LogP contribution < -0.4 is 0 Å². The second-order valence-electron chi connectivity index (χ2n) is 2.95. The summed E-state index contributed by atoms with van der Waals surface area (Å²) < 4.78 is 0. The lowest BCUT2D eigenvalue weighted by molar-refractivity contribution is -0.108. The molecule has 0 bridgehead atoms. The summed E-state index contributed by atoms with van der Waals surface area (Å²) in [6, 6.07) is 7.23. The molecule has 0 aromatic heterocycles. The molecule has 0 aliphatic rings. The number of allylic oxidation sites excluding steroid dienone is 2. The first-order chi connectivity index (χ1) is 7.58. The SMILES string of the molecule is O=C(Cl)/C=C/c1cccc(/C=C/C(=O)Cl)c1. The normalized spacial score (nSPS) is 11.1. The Morgan fingerprint density at radius 3 is 1.75 bits per heavy atom. The first kappa shape index (κ1) is 12.7. The van der Waals surface area contributed by atoms with E-state index in [2.05, 4.69) is 0 Å². The molecule has 0 saturated carbocycles. The molecule has 0 fully saturated rings. The first-order valence-corrected chi connectivity index (χ1v) is 5.18. The molecule has 0 amide bonds. The number of rotatable bonds is 4. The molecule has 0 saturated heterocycles. The van der Waals surface area contributed by atoms with E-state index in [0.717, 1.165) is 11.1 Å². The van der Waals surface area contributed by atoms with E-state index >= 15 is 0 Å². The summed E-state index contributed by atoms with van der Waals surface area (Å²) in [5.41, 5.74) is 1.64. The Morgan fingerprint density at radius 1 is 0.938 bits per heavy atom. The molecule has 1 rings (SSSR count). The third-order valence-corrected chi connectivity index (χ3v) is 1.98. The summed E-state index contributed by atoms with van der Waals surface area (Å²) in [5, 5.41) is -1.06. The van der Waals surface area contributed by atoms with Crippen molar-refractivity contribution in [1.29, 1.82) is 0 Å². The Kier molecular flexibility index (Phi) is 4.96. The van der Waals surface area contributed by atoms with Gasteiger partial charge in [-0.05, 0) is 52.5 Å². The van der Waals surface area contributed by atoms with Crippen LogP contribution in [0.2, 0.25) is 0 Å². The van der Waals surface area contributed by atoms with Crippen molar-refractivity contribution in [3.8, 4) is 0 Å². The van der Waals surface area contributed by atoms with Crippen LogP contribution in [0.5, 0.6) is 0 Å². The number of carbonyl (C=O) groups excluding carboxylic acids is 2. The number of halogens is 2. The summed E-state index contributed by atoms with van der Waals surface area (Å²) in [5.74, 6) is 0. The van der Waals surface area contributed by atoms with Crippen molar-refractivity contribution >= 4 is 45.8 Å². The number of hydrogen-bond acceptors (Lipinski definition) is 2. The Hall–Kier alpha value is -1.38. The van der Waals surface area contributed by atoms with Crippen molar-refractivity contribution in [3.05, 3.63) is 47.5 Å².